The number of carbonyl (C=O) groups is 3. The van der Waals surface area contributed by atoms with Crippen molar-refractivity contribution in [3.05, 3.63) is 45.5 Å². The average Bonchev–Trinajstić information content (AvgIpc) is 3.22. The molecule has 2 fully saturated rings. The molecule has 1 aromatic heterocycles. The molecule has 1 saturated carbocycles. The van der Waals surface area contributed by atoms with Gasteiger partial charge in [0, 0.05) is 18.2 Å². The van der Waals surface area contributed by atoms with Gasteiger partial charge in [-0.3, -0.25) is 28.9 Å². The number of amides is 3. The van der Waals surface area contributed by atoms with Crippen molar-refractivity contribution in [3.8, 4) is 0 Å². The van der Waals surface area contributed by atoms with E-state index in [4.69, 9.17) is 17.0 Å². The van der Waals surface area contributed by atoms with E-state index in [2.05, 4.69) is 15.5 Å². The number of rotatable bonds is 6. The second-order valence-corrected chi connectivity index (χ2v) is 8.23. The number of hydrogen-bond acceptors (Lipinski definition) is 6. The molecule has 9 nitrogen and oxygen atoms in total. The Morgan fingerprint density at radius 1 is 1.23 bits per heavy atom. The summed E-state index contributed by atoms with van der Waals surface area (Å²) in [5.41, 5.74) is 0.899. The van der Waals surface area contributed by atoms with Gasteiger partial charge in [0.2, 0.25) is 0 Å². The lowest BCUT2D eigenvalue weighted by atomic mass is 10.1. The third kappa shape index (κ3) is 3.35. The smallest absolute Gasteiger partial charge is 0.261 e. The molecule has 10 heteroatoms. The Morgan fingerprint density at radius 2 is 2.03 bits per heavy atom. The van der Waals surface area contributed by atoms with Crippen LogP contribution >= 0.6 is 12.2 Å². The van der Waals surface area contributed by atoms with E-state index in [1.165, 1.54) is 11.0 Å². The first-order valence-corrected chi connectivity index (χ1v) is 10.5. The maximum Gasteiger partial charge on any atom is 0.261 e. The van der Waals surface area contributed by atoms with Gasteiger partial charge in [0.15, 0.2) is 10.6 Å². The first-order chi connectivity index (χ1) is 14.5. The van der Waals surface area contributed by atoms with Crippen molar-refractivity contribution >= 4 is 29.9 Å². The van der Waals surface area contributed by atoms with E-state index in [0.29, 0.717) is 34.4 Å². The summed E-state index contributed by atoms with van der Waals surface area (Å²) in [5.74, 6) is -0.384. The van der Waals surface area contributed by atoms with Gasteiger partial charge < -0.3 is 10.1 Å². The topological polar surface area (TPSA) is 109 Å². The van der Waals surface area contributed by atoms with E-state index >= 15 is 0 Å². The Hall–Kier alpha value is -2.85. The SMILES string of the molecule is O=C(NCc1n[nH]c(=S)n1C1CC1)c1ccc2c(c1)C(=O)N(CC1CCCO1)C2=O. The molecule has 0 spiro atoms. The van der Waals surface area contributed by atoms with E-state index < -0.39 is 0 Å². The minimum absolute atomic E-state index is 0.115. The molecule has 30 heavy (non-hydrogen) atoms. The van der Waals surface area contributed by atoms with Crippen LogP contribution in [0, 0.1) is 4.77 Å². The number of fused-ring (bicyclic) bond motifs is 1. The van der Waals surface area contributed by atoms with Gasteiger partial charge in [0.25, 0.3) is 17.7 Å². The monoisotopic (exact) mass is 427 g/mol. The number of aromatic amines is 1. The van der Waals surface area contributed by atoms with Crippen LogP contribution in [-0.4, -0.2) is 56.6 Å². The van der Waals surface area contributed by atoms with E-state index in [-0.39, 0.29) is 42.5 Å². The van der Waals surface area contributed by atoms with Crippen molar-refractivity contribution < 1.29 is 19.1 Å². The predicted octanol–water partition coefficient (Wildman–Crippen LogP) is 1.98. The van der Waals surface area contributed by atoms with Crippen LogP contribution in [-0.2, 0) is 11.3 Å². The number of carbonyl (C=O) groups excluding carboxylic acids is 3. The van der Waals surface area contributed by atoms with Gasteiger partial charge in [0.1, 0.15) is 0 Å². The molecule has 0 radical (unpaired) electrons. The van der Waals surface area contributed by atoms with Crippen molar-refractivity contribution in [3.63, 3.8) is 0 Å². The number of benzene rings is 1. The normalized spacial score (nSPS) is 20.7. The molecule has 2 N–H and O–H groups in total. The molecular formula is C20H21N5O4S. The summed E-state index contributed by atoms with van der Waals surface area (Å²) < 4.78 is 8.04. The molecule has 5 rings (SSSR count). The molecule has 2 aliphatic heterocycles. The van der Waals surface area contributed by atoms with Crippen LogP contribution in [0.4, 0.5) is 0 Å². The largest absolute Gasteiger partial charge is 0.376 e. The summed E-state index contributed by atoms with van der Waals surface area (Å²) in [5, 5.41) is 9.78. The van der Waals surface area contributed by atoms with Crippen LogP contribution in [0.5, 0.6) is 0 Å². The fourth-order valence-corrected chi connectivity index (χ4v) is 4.32. The van der Waals surface area contributed by atoms with Gasteiger partial charge in [-0.15, -0.1) is 0 Å². The predicted molar refractivity (Wildman–Crippen MR) is 108 cm³/mol. The number of aromatic nitrogens is 3. The summed E-state index contributed by atoms with van der Waals surface area (Å²) in [6.07, 6.45) is 3.76. The van der Waals surface area contributed by atoms with E-state index in [1.807, 2.05) is 4.57 Å². The van der Waals surface area contributed by atoms with Crippen molar-refractivity contribution in [1.82, 2.24) is 25.0 Å². The highest BCUT2D eigenvalue weighted by atomic mass is 32.1. The van der Waals surface area contributed by atoms with E-state index in [1.54, 1.807) is 12.1 Å². The molecule has 156 valence electrons. The Bertz CT molecular complexity index is 1100. The first-order valence-electron chi connectivity index (χ1n) is 10.1. The minimum Gasteiger partial charge on any atom is -0.376 e. The maximum atomic E-state index is 12.8. The number of H-pyrrole nitrogens is 1. The van der Waals surface area contributed by atoms with Crippen molar-refractivity contribution in [1.29, 1.82) is 0 Å². The van der Waals surface area contributed by atoms with Crippen LogP contribution in [0.2, 0.25) is 0 Å². The quantitative estimate of drug-likeness (QED) is 0.539. The molecule has 1 unspecified atom stereocenters. The fraction of sp³-hybridized carbons (Fsp3) is 0.450. The zero-order valence-electron chi connectivity index (χ0n) is 16.2. The van der Waals surface area contributed by atoms with Gasteiger partial charge in [-0.25, -0.2) is 0 Å². The number of nitrogens with zero attached hydrogens (tertiary/aromatic N) is 3. The number of hydrogen-bond donors (Lipinski definition) is 2. The molecule has 3 heterocycles. The van der Waals surface area contributed by atoms with Gasteiger partial charge in [-0.2, -0.15) is 5.10 Å². The Morgan fingerprint density at radius 3 is 2.77 bits per heavy atom. The molecule has 1 aliphatic carbocycles. The number of ether oxygens (including phenoxy) is 1. The van der Waals surface area contributed by atoms with Gasteiger partial charge in [0.05, 0.1) is 30.3 Å². The van der Waals surface area contributed by atoms with Crippen molar-refractivity contribution in [2.24, 2.45) is 0 Å². The van der Waals surface area contributed by atoms with Crippen molar-refractivity contribution in [2.75, 3.05) is 13.2 Å². The molecular weight excluding hydrogens is 406 g/mol. The van der Waals surface area contributed by atoms with E-state index in [9.17, 15) is 14.4 Å². The van der Waals surface area contributed by atoms with Crippen LogP contribution in [0.3, 0.4) is 0 Å². The van der Waals surface area contributed by atoms with E-state index in [0.717, 1.165) is 25.7 Å². The highest BCUT2D eigenvalue weighted by molar-refractivity contribution is 7.71. The fourth-order valence-electron chi connectivity index (χ4n) is 4.02. The third-order valence-corrected chi connectivity index (χ3v) is 6.03. The van der Waals surface area contributed by atoms with Gasteiger partial charge in [-0.05, 0) is 56.1 Å². The van der Waals surface area contributed by atoms with Crippen LogP contribution in [0.25, 0.3) is 0 Å². The summed E-state index contributed by atoms with van der Waals surface area (Å²) >= 11 is 5.25. The molecule has 3 amide bonds. The summed E-state index contributed by atoms with van der Waals surface area (Å²) in [6, 6.07) is 4.94. The number of nitrogens with one attached hydrogen (secondary N) is 2. The standard InChI is InChI=1S/C20H21N5O4S/c26-17(21-9-16-22-23-20(30)25(16)12-4-5-12)11-3-6-14-15(8-11)19(28)24(18(14)27)10-13-2-1-7-29-13/h3,6,8,12-13H,1-2,4-5,7,9-10H2,(H,21,26)(H,23,30). The highest BCUT2D eigenvalue weighted by Crippen LogP contribution is 2.35. The Balaban J connectivity index is 1.30. The summed E-state index contributed by atoms with van der Waals surface area (Å²) in [6.45, 7) is 1.12. The number of imide groups is 1. The van der Waals surface area contributed by atoms with Crippen LogP contribution in [0.15, 0.2) is 18.2 Å². The summed E-state index contributed by atoms with van der Waals surface area (Å²) in [4.78, 5) is 39.3. The molecule has 1 aromatic carbocycles. The zero-order chi connectivity index (χ0) is 20.8. The minimum atomic E-state index is -0.380. The molecule has 0 bridgehead atoms. The molecule has 1 atom stereocenters. The van der Waals surface area contributed by atoms with Gasteiger partial charge in [-0.1, -0.05) is 0 Å². The molecule has 3 aliphatic rings. The summed E-state index contributed by atoms with van der Waals surface area (Å²) in [7, 11) is 0. The zero-order valence-corrected chi connectivity index (χ0v) is 17.0. The second-order valence-electron chi connectivity index (χ2n) is 7.85. The van der Waals surface area contributed by atoms with Crippen LogP contribution < -0.4 is 5.32 Å². The Kier molecular flexibility index (Phi) is 4.75. The van der Waals surface area contributed by atoms with Crippen LogP contribution in [0.1, 0.15) is 68.6 Å². The van der Waals surface area contributed by atoms with Gasteiger partial charge >= 0.3 is 0 Å². The average molecular weight is 427 g/mol. The lowest BCUT2D eigenvalue weighted by molar-refractivity contribution is 0.0475. The molecule has 2 aromatic rings. The second kappa shape index (κ2) is 7.44. The lowest BCUT2D eigenvalue weighted by Gasteiger charge is -2.17. The van der Waals surface area contributed by atoms with Crippen molar-refractivity contribution in [2.45, 2.75) is 44.4 Å². The third-order valence-electron chi connectivity index (χ3n) is 5.74. The highest BCUT2D eigenvalue weighted by Gasteiger charge is 2.38. The maximum absolute atomic E-state index is 12.8. The Labute approximate surface area is 177 Å². The first kappa shape index (κ1) is 19.1. The molecule has 1 saturated heterocycles. The lowest BCUT2D eigenvalue weighted by Crippen LogP contribution is -2.36.